The highest BCUT2D eigenvalue weighted by Crippen LogP contribution is 2.40. The topological polar surface area (TPSA) is 109 Å². The van der Waals surface area contributed by atoms with E-state index >= 15 is 0 Å². The van der Waals surface area contributed by atoms with Gasteiger partial charge >= 0.3 is 18.3 Å². The SMILES string of the molecule is CC(=O)OCCOC(=O)OC1=C(C)NC(C)=C(OC(=O)OC(C)C)C1c1cccc(Cl)c1. The number of benzene rings is 1. The minimum atomic E-state index is -1.01. The van der Waals surface area contributed by atoms with Gasteiger partial charge < -0.3 is 29.0 Å². The van der Waals surface area contributed by atoms with E-state index in [0.717, 1.165) is 0 Å². The number of ether oxygens (including phenoxy) is 5. The smallest absolute Gasteiger partial charge is 0.462 e. The maximum atomic E-state index is 12.3. The summed E-state index contributed by atoms with van der Waals surface area (Å²) in [6.07, 6.45) is -2.29. The van der Waals surface area contributed by atoms with Crippen LogP contribution >= 0.6 is 11.6 Å². The molecule has 1 aliphatic heterocycles. The van der Waals surface area contributed by atoms with Crippen LogP contribution in [0.15, 0.2) is 47.2 Å². The van der Waals surface area contributed by atoms with E-state index in [9.17, 15) is 14.4 Å². The molecule has 1 unspecified atom stereocenters. The first-order valence-corrected chi connectivity index (χ1v) is 10.3. The number of hydrogen-bond acceptors (Lipinski definition) is 9. The number of nitrogens with one attached hydrogen (secondary N) is 1. The average molecular weight is 468 g/mol. The Balaban J connectivity index is 2.31. The molecule has 0 fully saturated rings. The molecular weight excluding hydrogens is 442 g/mol. The third-order valence-corrected chi connectivity index (χ3v) is 4.38. The minimum absolute atomic E-state index is 0.104. The number of allylic oxidation sites excluding steroid dienone is 2. The second kappa shape index (κ2) is 11.4. The van der Waals surface area contributed by atoms with Crippen LogP contribution in [0.3, 0.4) is 0 Å². The first-order valence-electron chi connectivity index (χ1n) is 9.89. The van der Waals surface area contributed by atoms with E-state index < -0.39 is 24.2 Å². The zero-order valence-electron chi connectivity index (χ0n) is 18.5. The first-order chi connectivity index (χ1) is 15.1. The van der Waals surface area contributed by atoms with E-state index in [4.69, 9.17) is 35.3 Å². The van der Waals surface area contributed by atoms with Gasteiger partial charge in [0.05, 0.1) is 17.5 Å². The lowest BCUT2D eigenvalue weighted by Crippen LogP contribution is -2.29. The van der Waals surface area contributed by atoms with Crippen molar-refractivity contribution >= 4 is 29.9 Å². The molecule has 1 atom stereocenters. The fourth-order valence-corrected chi connectivity index (χ4v) is 3.15. The lowest BCUT2D eigenvalue weighted by atomic mass is 9.90. The molecule has 1 aromatic carbocycles. The quantitative estimate of drug-likeness (QED) is 0.344. The third-order valence-electron chi connectivity index (χ3n) is 4.15. The van der Waals surface area contributed by atoms with Crippen LogP contribution in [0.2, 0.25) is 5.02 Å². The van der Waals surface area contributed by atoms with Gasteiger partial charge in [-0.15, -0.1) is 0 Å². The van der Waals surface area contributed by atoms with Crippen molar-refractivity contribution in [3.05, 3.63) is 57.8 Å². The molecule has 0 bridgehead atoms. The van der Waals surface area contributed by atoms with Gasteiger partial charge in [-0.2, -0.15) is 0 Å². The number of esters is 1. The normalized spacial score (nSPS) is 15.8. The maximum Gasteiger partial charge on any atom is 0.513 e. The zero-order chi connectivity index (χ0) is 23.8. The fourth-order valence-electron chi connectivity index (χ4n) is 2.95. The Morgan fingerprint density at radius 1 is 1.00 bits per heavy atom. The van der Waals surface area contributed by atoms with E-state index in [2.05, 4.69) is 5.32 Å². The Labute approximate surface area is 191 Å². The largest absolute Gasteiger partial charge is 0.513 e. The molecule has 0 aromatic heterocycles. The summed E-state index contributed by atoms with van der Waals surface area (Å²) in [4.78, 5) is 35.3. The highest BCUT2D eigenvalue weighted by Gasteiger charge is 2.35. The summed E-state index contributed by atoms with van der Waals surface area (Å²) in [5.41, 5.74) is 1.66. The number of dihydropyridines is 1. The maximum absolute atomic E-state index is 12.3. The molecule has 10 heteroatoms. The number of carbonyl (C=O) groups excluding carboxylic acids is 3. The van der Waals surface area contributed by atoms with Gasteiger partial charge in [0.1, 0.15) is 30.6 Å². The van der Waals surface area contributed by atoms with Crippen molar-refractivity contribution < 1.29 is 38.1 Å². The number of hydrogen-bond donors (Lipinski definition) is 1. The Morgan fingerprint density at radius 3 is 2.16 bits per heavy atom. The van der Waals surface area contributed by atoms with Gasteiger partial charge in [0.15, 0.2) is 0 Å². The Bertz CT molecular complexity index is 938. The minimum Gasteiger partial charge on any atom is -0.462 e. The molecule has 2 rings (SSSR count). The third kappa shape index (κ3) is 7.19. The fraction of sp³-hybridized carbons (Fsp3) is 0.409. The van der Waals surface area contributed by atoms with Crippen LogP contribution in [-0.2, 0) is 28.5 Å². The number of rotatable bonds is 7. The average Bonchev–Trinajstić information content (AvgIpc) is 2.68. The van der Waals surface area contributed by atoms with Crippen molar-refractivity contribution in [3.8, 4) is 0 Å². The monoisotopic (exact) mass is 467 g/mol. The molecular formula is C22H26ClNO8. The van der Waals surface area contributed by atoms with E-state index in [1.165, 1.54) is 6.92 Å². The van der Waals surface area contributed by atoms with Gasteiger partial charge in [-0.25, -0.2) is 9.59 Å². The van der Waals surface area contributed by atoms with Crippen LogP contribution < -0.4 is 5.32 Å². The van der Waals surface area contributed by atoms with Crippen LogP contribution in [0.1, 0.15) is 46.1 Å². The van der Waals surface area contributed by atoms with Gasteiger partial charge in [0, 0.05) is 11.9 Å². The van der Waals surface area contributed by atoms with Crippen LogP contribution in [0.25, 0.3) is 0 Å². The molecule has 0 saturated heterocycles. The van der Waals surface area contributed by atoms with Gasteiger partial charge in [0.25, 0.3) is 0 Å². The summed E-state index contributed by atoms with van der Waals surface area (Å²) in [5.74, 6) is -0.932. The Kier molecular flexibility index (Phi) is 8.95. The summed E-state index contributed by atoms with van der Waals surface area (Å²) < 4.78 is 25.8. The second-order valence-corrected chi connectivity index (χ2v) is 7.59. The molecule has 0 amide bonds. The predicted molar refractivity (Wildman–Crippen MR) is 114 cm³/mol. The summed E-state index contributed by atoms with van der Waals surface area (Å²) in [6, 6.07) is 6.85. The molecule has 1 N–H and O–H groups in total. The summed E-state index contributed by atoms with van der Waals surface area (Å²) in [7, 11) is 0. The molecule has 0 aliphatic carbocycles. The van der Waals surface area contributed by atoms with Gasteiger partial charge in [-0.1, -0.05) is 23.7 Å². The van der Waals surface area contributed by atoms with E-state index in [-0.39, 0.29) is 30.8 Å². The van der Waals surface area contributed by atoms with Crippen LogP contribution in [0.4, 0.5) is 9.59 Å². The van der Waals surface area contributed by atoms with Crippen molar-refractivity contribution in [2.24, 2.45) is 0 Å². The first kappa shape index (κ1) is 25.1. The van der Waals surface area contributed by atoms with Gasteiger partial charge in [-0.3, -0.25) is 4.79 Å². The molecule has 9 nitrogen and oxygen atoms in total. The molecule has 174 valence electrons. The van der Waals surface area contributed by atoms with Crippen LogP contribution in [0.5, 0.6) is 0 Å². The lowest BCUT2D eigenvalue weighted by molar-refractivity contribution is -0.142. The lowest BCUT2D eigenvalue weighted by Gasteiger charge is -2.30. The van der Waals surface area contributed by atoms with Crippen LogP contribution in [0, 0.1) is 0 Å². The molecule has 1 heterocycles. The van der Waals surface area contributed by atoms with Crippen molar-refractivity contribution in [3.63, 3.8) is 0 Å². The van der Waals surface area contributed by atoms with Gasteiger partial charge in [-0.05, 0) is 45.4 Å². The Morgan fingerprint density at radius 2 is 1.59 bits per heavy atom. The van der Waals surface area contributed by atoms with E-state index in [0.29, 0.717) is 22.0 Å². The second-order valence-electron chi connectivity index (χ2n) is 7.15. The van der Waals surface area contributed by atoms with E-state index in [1.54, 1.807) is 52.0 Å². The highest BCUT2D eigenvalue weighted by atomic mass is 35.5. The highest BCUT2D eigenvalue weighted by molar-refractivity contribution is 6.30. The number of carbonyl (C=O) groups is 3. The molecule has 1 aliphatic rings. The molecule has 1 aromatic rings. The van der Waals surface area contributed by atoms with Crippen molar-refractivity contribution in [1.82, 2.24) is 5.32 Å². The zero-order valence-corrected chi connectivity index (χ0v) is 19.3. The van der Waals surface area contributed by atoms with Crippen molar-refractivity contribution in [2.75, 3.05) is 13.2 Å². The van der Waals surface area contributed by atoms with Crippen molar-refractivity contribution in [2.45, 2.75) is 46.6 Å². The summed E-state index contributed by atoms with van der Waals surface area (Å²) in [6.45, 7) is 7.77. The standard InChI is InChI=1S/C22H26ClNO8/c1-12(2)30-22(27)32-20-14(4)24-13(3)19(18(20)16-7-6-8-17(23)11-16)31-21(26)29-10-9-28-15(5)25/h6-8,11-12,18,24H,9-10H2,1-5H3. The molecule has 0 radical (unpaired) electrons. The molecule has 0 spiro atoms. The van der Waals surface area contributed by atoms with Gasteiger partial charge in [0.2, 0.25) is 0 Å². The van der Waals surface area contributed by atoms with Crippen molar-refractivity contribution in [1.29, 1.82) is 0 Å². The van der Waals surface area contributed by atoms with E-state index in [1.807, 2.05) is 0 Å². The molecule has 0 saturated carbocycles. The molecule has 32 heavy (non-hydrogen) atoms. The predicted octanol–water partition coefficient (Wildman–Crippen LogP) is 4.77. The summed E-state index contributed by atoms with van der Waals surface area (Å²) in [5, 5.41) is 3.48. The number of halogens is 1. The Hall–Kier alpha value is -3.20. The van der Waals surface area contributed by atoms with Crippen LogP contribution in [-0.4, -0.2) is 37.6 Å². The summed E-state index contributed by atoms with van der Waals surface area (Å²) >= 11 is 6.17.